The van der Waals surface area contributed by atoms with Crippen molar-refractivity contribution in [1.29, 1.82) is 0 Å². The van der Waals surface area contributed by atoms with E-state index < -0.39 is 17.9 Å². The zero-order chi connectivity index (χ0) is 17.4. The summed E-state index contributed by atoms with van der Waals surface area (Å²) in [5.41, 5.74) is 1.63. The number of phenolic OH excluding ortho intramolecular Hbond substituents is 1. The third-order valence-corrected chi connectivity index (χ3v) is 3.35. The Balaban J connectivity index is 1.82. The monoisotopic (exact) mass is 329 g/mol. The van der Waals surface area contributed by atoms with E-state index in [1.54, 1.807) is 12.1 Å². The van der Waals surface area contributed by atoms with Crippen LogP contribution in [0.4, 0.5) is 0 Å². The number of amides is 1. The summed E-state index contributed by atoms with van der Waals surface area (Å²) < 4.78 is 5.29. The van der Waals surface area contributed by atoms with Crippen molar-refractivity contribution in [3.63, 3.8) is 0 Å². The number of carboxylic acids is 1. The minimum atomic E-state index is -1.13. The minimum Gasteiger partial charge on any atom is -0.508 e. The second-order valence-electron chi connectivity index (χ2n) is 5.31. The summed E-state index contributed by atoms with van der Waals surface area (Å²) >= 11 is 0. The Hall–Kier alpha value is -2.86. The highest BCUT2D eigenvalue weighted by molar-refractivity contribution is 5.84. The summed E-state index contributed by atoms with van der Waals surface area (Å²) in [5, 5.41) is 20.9. The summed E-state index contributed by atoms with van der Waals surface area (Å²) in [5.74, 6) is -1.51. The third-order valence-electron chi connectivity index (χ3n) is 3.35. The molecule has 3 N–H and O–H groups in total. The van der Waals surface area contributed by atoms with E-state index in [0.717, 1.165) is 5.56 Å². The highest BCUT2D eigenvalue weighted by Gasteiger charge is 2.20. The van der Waals surface area contributed by atoms with Crippen LogP contribution in [0, 0.1) is 0 Å². The molecule has 0 fully saturated rings. The van der Waals surface area contributed by atoms with Gasteiger partial charge < -0.3 is 20.3 Å². The van der Waals surface area contributed by atoms with E-state index in [2.05, 4.69) is 5.32 Å². The van der Waals surface area contributed by atoms with Gasteiger partial charge in [-0.25, -0.2) is 4.79 Å². The lowest BCUT2D eigenvalue weighted by molar-refractivity contribution is -0.142. The highest BCUT2D eigenvalue weighted by atomic mass is 16.5. The van der Waals surface area contributed by atoms with Crippen LogP contribution in [0.15, 0.2) is 54.6 Å². The van der Waals surface area contributed by atoms with E-state index in [1.807, 2.05) is 30.3 Å². The smallest absolute Gasteiger partial charge is 0.326 e. The molecule has 6 heteroatoms. The van der Waals surface area contributed by atoms with E-state index in [4.69, 9.17) is 4.74 Å². The minimum absolute atomic E-state index is 0.101. The predicted octanol–water partition coefficient (Wildman–Crippen LogP) is 1.72. The predicted molar refractivity (Wildman–Crippen MR) is 87.5 cm³/mol. The first-order valence-electron chi connectivity index (χ1n) is 7.46. The Bertz CT molecular complexity index is 670. The number of carbonyl (C=O) groups excluding carboxylic acids is 1. The van der Waals surface area contributed by atoms with Gasteiger partial charge in [-0.2, -0.15) is 0 Å². The number of carbonyl (C=O) groups is 2. The molecular formula is C18H19NO5. The molecule has 24 heavy (non-hydrogen) atoms. The molecule has 2 aromatic carbocycles. The van der Waals surface area contributed by atoms with Gasteiger partial charge in [-0.15, -0.1) is 0 Å². The Morgan fingerprint density at radius 3 is 2.29 bits per heavy atom. The van der Waals surface area contributed by atoms with E-state index in [9.17, 15) is 19.8 Å². The van der Waals surface area contributed by atoms with Crippen LogP contribution in [0.25, 0.3) is 0 Å². The topological polar surface area (TPSA) is 95.9 Å². The SMILES string of the molecule is O=C(COCc1ccccc1)N[C@H](Cc1ccc(O)cc1)C(=O)O. The van der Waals surface area contributed by atoms with Gasteiger partial charge in [0.05, 0.1) is 6.61 Å². The van der Waals surface area contributed by atoms with Crippen molar-refractivity contribution < 1.29 is 24.5 Å². The first kappa shape index (κ1) is 17.5. The lowest BCUT2D eigenvalue weighted by Crippen LogP contribution is -2.43. The lowest BCUT2D eigenvalue weighted by Gasteiger charge is -2.15. The van der Waals surface area contributed by atoms with Crippen molar-refractivity contribution in [1.82, 2.24) is 5.32 Å². The van der Waals surface area contributed by atoms with Gasteiger partial charge in [0.25, 0.3) is 0 Å². The van der Waals surface area contributed by atoms with Crippen molar-refractivity contribution in [2.75, 3.05) is 6.61 Å². The summed E-state index contributed by atoms with van der Waals surface area (Å²) in [4.78, 5) is 23.1. The second-order valence-corrected chi connectivity index (χ2v) is 5.31. The molecule has 1 atom stereocenters. The number of rotatable bonds is 8. The maximum Gasteiger partial charge on any atom is 0.326 e. The summed E-state index contributed by atoms with van der Waals surface area (Å²) in [7, 11) is 0. The number of hydrogen-bond donors (Lipinski definition) is 3. The summed E-state index contributed by atoms with van der Waals surface area (Å²) in [6.45, 7) is 0.0677. The van der Waals surface area contributed by atoms with Crippen LogP contribution in [-0.4, -0.2) is 34.7 Å². The van der Waals surface area contributed by atoms with Gasteiger partial charge in [-0.3, -0.25) is 4.79 Å². The molecule has 0 heterocycles. The Labute approximate surface area is 139 Å². The molecule has 0 aliphatic rings. The normalized spacial score (nSPS) is 11.7. The molecule has 0 saturated carbocycles. The van der Waals surface area contributed by atoms with Gasteiger partial charge in [-0.1, -0.05) is 42.5 Å². The van der Waals surface area contributed by atoms with Crippen LogP contribution in [0.3, 0.4) is 0 Å². The van der Waals surface area contributed by atoms with Gasteiger partial charge >= 0.3 is 5.97 Å². The average molecular weight is 329 g/mol. The van der Waals surface area contributed by atoms with Gasteiger partial charge in [0, 0.05) is 6.42 Å². The Morgan fingerprint density at radius 1 is 1.00 bits per heavy atom. The summed E-state index contributed by atoms with van der Waals surface area (Å²) in [6.07, 6.45) is 0.125. The summed E-state index contributed by atoms with van der Waals surface area (Å²) in [6, 6.07) is 14.5. The molecule has 0 radical (unpaired) electrons. The van der Waals surface area contributed by atoms with Crippen LogP contribution in [0.5, 0.6) is 5.75 Å². The number of hydrogen-bond acceptors (Lipinski definition) is 4. The molecule has 2 rings (SSSR count). The van der Waals surface area contributed by atoms with Crippen LogP contribution in [0.1, 0.15) is 11.1 Å². The largest absolute Gasteiger partial charge is 0.508 e. The number of aromatic hydroxyl groups is 1. The van der Waals surface area contributed by atoms with Gasteiger partial charge in [0.15, 0.2) is 0 Å². The number of aliphatic carboxylic acids is 1. The quantitative estimate of drug-likeness (QED) is 0.685. The average Bonchev–Trinajstić information content (AvgIpc) is 2.57. The number of nitrogens with one attached hydrogen (secondary N) is 1. The van der Waals surface area contributed by atoms with Crippen LogP contribution < -0.4 is 5.32 Å². The lowest BCUT2D eigenvalue weighted by atomic mass is 10.1. The molecule has 1 amide bonds. The van der Waals surface area contributed by atoms with Crippen LogP contribution in [0.2, 0.25) is 0 Å². The Morgan fingerprint density at radius 2 is 1.67 bits per heavy atom. The fraction of sp³-hybridized carbons (Fsp3) is 0.222. The Kier molecular flexibility index (Phi) is 6.33. The van der Waals surface area contributed by atoms with Crippen molar-refractivity contribution in [3.8, 4) is 5.75 Å². The molecule has 6 nitrogen and oxygen atoms in total. The molecule has 2 aromatic rings. The second kappa shape index (κ2) is 8.69. The number of benzene rings is 2. The third kappa shape index (κ3) is 5.73. The van der Waals surface area contributed by atoms with Gasteiger partial charge in [-0.05, 0) is 23.3 Å². The molecule has 126 valence electrons. The zero-order valence-electron chi connectivity index (χ0n) is 13.0. The van der Waals surface area contributed by atoms with E-state index in [0.29, 0.717) is 5.56 Å². The first-order chi connectivity index (χ1) is 11.5. The fourth-order valence-electron chi connectivity index (χ4n) is 2.14. The van der Waals surface area contributed by atoms with Crippen molar-refractivity contribution >= 4 is 11.9 Å². The van der Waals surface area contributed by atoms with Crippen LogP contribution in [-0.2, 0) is 27.4 Å². The standard InChI is InChI=1S/C18H19NO5/c20-15-8-6-13(7-9-15)10-16(18(22)23)19-17(21)12-24-11-14-4-2-1-3-5-14/h1-9,16,20H,10-12H2,(H,19,21)(H,22,23)/t16-/m1/s1. The molecule has 0 aromatic heterocycles. The van der Waals surface area contributed by atoms with E-state index in [1.165, 1.54) is 12.1 Å². The highest BCUT2D eigenvalue weighted by Crippen LogP contribution is 2.11. The molecule has 0 unspecified atom stereocenters. The number of ether oxygens (including phenoxy) is 1. The molecule has 0 spiro atoms. The maximum absolute atomic E-state index is 11.9. The van der Waals surface area contributed by atoms with Crippen molar-refractivity contribution in [2.45, 2.75) is 19.1 Å². The van der Waals surface area contributed by atoms with E-state index in [-0.39, 0.29) is 25.4 Å². The van der Waals surface area contributed by atoms with Crippen molar-refractivity contribution in [2.24, 2.45) is 0 Å². The zero-order valence-corrected chi connectivity index (χ0v) is 13.0. The van der Waals surface area contributed by atoms with Crippen molar-refractivity contribution in [3.05, 3.63) is 65.7 Å². The van der Waals surface area contributed by atoms with Gasteiger partial charge in [0.2, 0.25) is 5.91 Å². The number of phenols is 1. The first-order valence-corrected chi connectivity index (χ1v) is 7.46. The fourth-order valence-corrected chi connectivity index (χ4v) is 2.14. The molecule has 0 saturated heterocycles. The number of carboxylic acid groups (broad SMARTS) is 1. The van der Waals surface area contributed by atoms with E-state index >= 15 is 0 Å². The maximum atomic E-state index is 11.9. The van der Waals surface area contributed by atoms with Crippen LogP contribution >= 0.6 is 0 Å². The molecule has 0 aliphatic heterocycles. The molecule has 0 aliphatic carbocycles. The van der Waals surface area contributed by atoms with Gasteiger partial charge in [0.1, 0.15) is 18.4 Å². The molecule has 0 bridgehead atoms. The molecular weight excluding hydrogens is 310 g/mol.